The highest BCUT2D eigenvalue weighted by Gasteiger charge is 2.12. The molecule has 0 saturated heterocycles. The van der Waals surface area contributed by atoms with Crippen LogP contribution in [0, 0.1) is 0 Å². The average molecular weight is 281 g/mol. The van der Waals surface area contributed by atoms with Gasteiger partial charge < -0.3 is 14.5 Å². The Bertz CT molecular complexity index is 762. The zero-order chi connectivity index (χ0) is 14.7. The van der Waals surface area contributed by atoms with E-state index >= 15 is 0 Å². The van der Waals surface area contributed by atoms with Gasteiger partial charge in [-0.1, -0.05) is 30.3 Å². The van der Waals surface area contributed by atoms with Crippen LogP contribution in [0.2, 0.25) is 0 Å². The quantitative estimate of drug-likeness (QED) is 0.744. The molecule has 0 atom stereocenters. The molecule has 0 radical (unpaired) electrons. The predicted molar refractivity (Wildman–Crippen MR) is 80.4 cm³/mol. The van der Waals surface area contributed by atoms with E-state index in [1.165, 1.54) is 7.11 Å². The smallest absolute Gasteiger partial charge is 0.340 e. The van der Waals surface area contributed by atoms with Crippen LogP contribution in [0.3, 0.4) is 0 Å². The van der Waals surface area contributed by atoms with E-state index < -0.39 is 0 Å². The van der Waals surface area contributed by atoms with Gasteiger partial charge in [-0.15, -0.1) is 0 Å². The van der Waals surface area contributed by atoms with E-state index in [2.05, 4.69) is 4.98 Å². The van der Waals surface area contributed by atoms with Gasteiger partial charge in [-0.25, -0.2) is 4.79 Å². The average Bonchev–Trinajstić information content (AvgIpc) is 2.96. The molecule has 0 aliphatic heterocycles. The van der Waals surface area contributed by atoms with Crippen molar-refractivity contribution < 1.29 is 14.3 Å². The standard InChI is InChI=1S/C17H15NO3/c1-20-17(19)15-10-18-16-9-13(7-8-14(15)16)21-11-12-5-3-2-4-6-12/h2-10,18H,11H2,1H3. The summed E-state index contributed by atoms with van der Waals surface area (Å²) in [4.78, 5) is 14.7. The Hall–Kier alpha value is -2.75. The van der Waals surface area contributed by atoms with Gasteiger partial charge in [-0.2, -0.15) is 0 Å². The third-order valence-electron chi connectivity index (χ3n) is 3.31. The van der Waals surface area contributed by atoms with E-state index in [4.69, 9.17) is 9.47 Å². The number of aromatic nitrogens is 1. The second-order valence-electron chi connectivity index (χ2n) is 4.68. The Morgan fingerprint density at radius 2 is 1.95 bits per heavy atom. The van der Waals surface area contributed by atoms with Crippen LogP contribution in [0.5, 0.6) is 5.75 Å². The molecule has 0 saturated carbocycles. The van der Waals surface area contributed by atoms with Crippen LogP contribution in [-0.2, 0) is 11.3 Å². The highest BCUT2D eigenvalue weighted by Crippen LogP contribution is 2.24. The molecule has 1 heterocycles. The van der Waals surface area contributed by atoms with Crippen molar-refractivity contribution in [3.8, 4) is 5.75 Å². The monoisotopic (exact) mass is 281 g/mol. The molecule has 0 bridgehead atoms. The molecule has 1 aromatic heterocycles. The van der Waals surface area contributed by atoms with Gasteiger partial charge >= 0.3 is 5.97 Å². The molecule has 3 rings (SSSR count). The summed E-state index contributed by atoms with van der Waals surface area (Å²) in [7, 11) is 1.37. The van der Waals surface area contributed by atoms with Crippen LogP contribution >= 0.6 is 0 Å². The number of H-pyrrole nitrogens is 1. The molecule has 3 aromatic rings. The van der Waals surface area contributed by atoms with Crippen molar-refractivity contribution in [2.24, 2.45) is 0 Å². The van der Waals surface area contributed by atoms with Gasteiger partial charge in [0.25, 0.3) is 0 Å². The third kappa shape index (κ3) is 2.74. The lowest BCUT2D eigenvalue weighted by Crippen LogP contribution is -1.99. The summed E-state index contributed by atoms with van der Waals surface area (Å²) in [5, 5.41) is 0.828. The van der Waals surface area contributed by atoms with Crippen molar-refractivity contribution in [2.45, 2.75) is 6.61 Å². The number of carbonyl (C=O) groups excluding carboxylic acids is 1. The molecular formula is C17H15NO3. The van der Waals surface area contributed by atoms with Crippen LogP contribution in [0.1, 0.15) is 15.9 Å². The second-order valence-corrected chi connectivity index (χ2v) is 4.68. The van der Waals surface area contributed by atoms with E-state index in [9.17, 15) is 4.79 Å². The van der Waals surface area contributed by atoms with Crippen LogP contribution in [-0.4, -0.2) is 18.1 Å². The van der Waals surface area contributed by atoms with E-state index in [-0.39, 0.29) is 5.97 Å². The Morgan fingerprint density at radius 1 is 1.14 bits per heavy atom. The molecule has 2 aromatic carbocycles. The van der Waals surface area contributed by atoms with Crippen molar-refractivity contribution >= 4 is 16.9 Å². The fourth-order valence-electron chi connectivity index (χ4n) is 2.21. The van der Waals surface area contributed by atoms with Gasteiger partial charge in [-0.05, 0) is 17.7 Å². The molecule has 0 aliphatic rings. The number of esters is 1. The van der Waals surface area contributed by atoms with Gasteiger partial charge in [0.05, 0.1) is 12.7 Å². The van der Waals surface area contributed by atoms with Gasteiger partial charge in [0, 0.05) is 23.2 Å². The first-order valence-electron chi connectivity index (χ1n) is 6.64. The fourth-order valence-corrected chi connectivity index (χ4v) is 2.21. The molecule has 0 fully saturated rings. The summed E-state index contributed by atoms with van der Waals surface area (Å²) < 4.78 is 10.5. The Kier molecular flexibility index (Phi) is 3.60. The van der Waals surface area contributed by atoms with Gasteiger partial charge in [0.2, 0.25) is 0 Å². The minimum atomic E-state index is -0.348. The van der Waals surface area contributed by atoms with Crippen molar-refractivity contribution in [3.05, 3.63) is 65.9 Å². The molecule has 1 N–H and O–H groups in total. The normalized spacial score (nSPS) is 10.5. The number of ether oxygens (including phenoxy) is 2. The number of nitrogens with one attached hydrogen (secondary N) is 1. The maximum Gasteiger partial charge on any atom is 0.340 e. The first kappa shape index (κ1) is 13.2. The van der Waals surface area contributed by atoms with Crippen LogP contribution in [0.15, 0.2) is 54.7 Å². The molecule has 0 aliphatic carbocycles. The SMILES string of the molecule is COC(=O)c1c[nH]c2cc(OCc3ccccc3)ccc12. The third-order valence-corrected chi connectivity index (χ3v) is 3.31. The lowest BCUT2D eigenvalue weighted by Gasteiger charge is -2.06. The minimum Gasteiger partial charge on any atom is -0.489 e. The minimum absolute atomic E-state index is 0.348. The summed E-state index contributed by atoms with van der Waals surface area (Å²) in [5.74, 6) is 0.406. The number of hydrogen-bond donors (Lipinski definition) is 1. The number of fused-ring (bicyclic) bond motifs is 1. The Labute approximate surface area is 122 Å². The summed E-state index contributed by atoms with van der Waals surface area (Å²) in [6.45, 7) is 0.511. The van der Waals surface area contributed by atoms with E-state index in [1.54, 1.807) is 6.20 Å². The van der Waals surface area contributed by atoms with Crippen LogP contribution < -0.4 is 4.74 Å². The van der Waals surface area contributed by atoms with Gasteiger partial charge in [-0.3, -0.25) is 0 Å². The van der Waals surface area contributed by atoms with Crippen LogP contribution in [0.4, 0.5) is 0 Å². The lowest BCUT2D eigenvalue weighted by atomic mass is 10.1. The molecule has 0 spiro atoms. The maximum absolute atomic E-state index is 11.6. The number of hydrogen-bond acceptors (Lipinski definition) is 3. The summed E-state index contributed by atoms with van der Waals surface area (Å²) in [6, 6.07) is 15.6. The van der Waals surface area contributed by atoms with Crippen molar-refractivity contribution in [3.63, 3.8) is 0 Å². The number of methoxy groups -OCH3 is 1. The summed E-state index contributed by atoms with van der Waals surface area (Å²) in [5.41, 5.74) is 2.49. The number of carbonyl (C=O) groups is 1. The van der Waals surface area contributed by atoms with Crippen LogP contribution in [0.25, 0.3) is 10.9 Å². The zero-order valence-electron chi connectivity index (χ0n) is 11.6. The molecule has 4 heteroatoms. The Balaban J connectivity index is 1.80. The van der Waals surface area contributed by atoms with E-state index in [0.717, 1.165) is 22.2 Å². The second kappa shape index (κ2) is 5.71. The Morgan fingerprint density at radius 3 is 2.71 bits per heavy atom. The van der Waals surface area contributed by atoms with E-state index in [0.29, 0.717) is 12.2 Å². The van der Waals surface area contributed by atoms with E-state index in [1.807, 2.05) is 48.5 Å². The van der Waals surface area contributed by atoms with Crippen molar-refractivity contribution in [2.75, 3.05) is 7.11 Å². The predicted octanol–water partition coefficient (Wildman–Crippen LogP) is 3.53. The highest BCUT2D eigenvalue weighted by atomic mass is 16.5. The van der Waals surface area contributed by atoms with Gasteiger partial charge in [0.15, 0.2) is 0 Å². The first-order valence-corrected chi connectivity index (χ1v) is 6.64. The fraction of sp³-hybridized carbons (Fsp3) is 0.118. The zero-order valence-corrected chi connectivity index (χ0v) is 11.6. The summed E-state index contributed by atoms with van der Waals surface area (Å²) >= 11 is 0. The highest BCUT2D eigenvalue weighted by molar-refractivity contribution is 6.04. The van der Waals surface area contributed by atoms with Crippen molar-refractivity contribution in [1.29, 1.82) is 0 Å². The molecule has 106 valence electrons. The van der Waals surface area contributed by atoms with Gasteiger partial charge in [0.1, 0.15) is 12.4 Å². The molecule has 21 heavy (non-hydrogen) atoms. The first-order chi connectivity index (χ1) is 10.3. The number of benzene rings is 2. The maximum atomic E-state index is 11.6. The number of rotatable bonds is 4. The lowest BCUT2D eigenvalue weighted by molar-refractivity contribution is 0.0603. The number of aromatic amines is 1. The molecular weight excluding hydrogens is 266 g/mol. The molecule has 4 nitrogen and oxygen atoms in total. The topological polar surface area (TPSA) is 51.3 Å². The molecule has 0 unspecified atom stereocenters. The molecule has 0 amide bonds. The van der Waals surface area contributed by atoms with Crippen molar-refractivity contribution in [1.82, 2.24) is 4.98 Å². The largest absolute Gasteiger partial charge is 0.489 e. The summed E-state index contributed by atoms with van der Waals surface area (Å²) in [6.07, 6.45) is 1.65.